The van der Waals surface area contributed by atoms with Gasteiger partial charge in [0.05, 0.1) is 12.5 Å². The normalized spacial score (nSPS) is 18.0. The lowest BCUT2D eigenvalue weighted by molar-refractivity contribution is -0.136. The van der Waals surface area contributed by atoms with E-state index >= 15 is 0 Å². The SMILES string of the molecule is CCOC1CCN(S(=O)(=O)c2ccc(CC(=O)O)s2)CC1. The summed E-state index contributed by atoms with van der Waals surface area (Å²) in [6.07, 6.45) is 1.38. The number of hydrogen-bond donors (Lipinski definition) is 1. The zero-order valence-corrected chi connectivity index (χ0v) is 13.5. The average Bonchev–Trinajstić information content (AvgIpc) is 2.88. The second-order valence-corrected chi connectivity index (χ2v) is 8.18. The monoisotopic (exact) mass is 333 g/mol. The Bertz CT molecular complexity index is 587. The molecule has 1 aliphatic heterocycles. The molecule has 6 nitrogen and oxygen atoms in total. The molecule has 1 N–H and O–H groups in total. The predicted molar refractivity (Wildman–Crippen MR) is 79.1 cm³/mol. The third-order valence-electron chi connectivity index (χ3n) is 3.36. The van der Waals surface area contributed by atoms with Crippen LogP contribution >= 0.6 is 11.3 Å². The van der Waals surface area contributed by atoms with Gasteiger partial charge in [-0.2, -0.15) is 4.31 Å². The lowest BCUT2D eigenvalue weighted by Gasteiger charge is -2.30. The van der Waals surface area contributed by atoms with Crippen molar-refractivity contribution in [3.05, 3.63) is 17.0 Å². The number of aliphatic carboxylic acids is 1. The molecule has 0 aliphatic carbocycles. The molecule has 0 radical (unpaired) electrons. The van der Waals surface area contributed by atoms with Crippen molar-refractivity contribution in [2.45, 2.75) is 36.5 Å². The van der Waals surface area contributed by atoms with E-state index in [1.807, 2.05) is 6.92 Å². The Kier molecular flexibility index (Phi) is 5.37. The molecule has 0 saturated carbocycles. The van der Waals surface area contributed by atoms with Crippen LogP contribution < -0.4 is 0 Å². The minimum Gasteiger partial charge on any atom is -0.481 e. The molecule has 1 aromatic rings. The van der Waals surface area contributed by atoms with Crippen LogP contribution in [-0.2, 0) is 26.0 Å². The van der Waals surface area contributed by atoms with Gasteiger partial charge in [-0.05, 0) is 31.9 Å². The van der Waals surface area contributed by atoms with Crippen molar-refractivity contribution < 1.29 is 23.1 Å². The van der Waals surface area contributed by atoms with Crippen molar-refractivity contribution in [2.24, 2.45) is 0 Å². The van der Waals surface area contributed by atoms with Crippen molar-refractivity contribution >= 4 is 27.3 Å². The number of ether oxygens (including phenoxy) is 1. The number of carboxylic acids is 1. The number of carbonyl (C=O) groups is 1. The molecule has 0 unspecified atom stereocenters. The Morgan fingerprint density at radius 1 is 1.43 bits per heavy atom. The fraction of sp³-hybridized carbons (Fsp3) is 0.615. The first kappa shape index (κ1) is 16.4. The van der Waals surface area contributed by atoms with Crippen molar-refractivity contribution in [3.8, 4) is 0 Å². The summed E-state index contributed by atoms with van der Waals surface area (Å²) < 4.78 is 32.2. The molecule has 2 rings (SSSR count). The molecule has 1 aromatic heterocycles. The summed E-state index contributed by atoms with van der Waals surface area (Å²) in [4.78, 5) is 11.2. The number of nitrogens with zero attached hydrogens (tertiary/aromatic N) is 1. The van der Waals surface area contributed by atoms with E-state index in [1.54, 1.807) is 6.07 Å². The van der Waals surface area contributed by atoms with Crippen LogP contribution in [0, 0.1) is 0 Å². The highest BCUT2D eigenvalue weighted by atomic mass is 32.2. The molecule has 0 amide bonds. The summed E-state index contributed by atoms with van der Waals surface area (Å²) in [5.41, 5.74) is 0. The van der Waals surface area contributed by atoms with E-state index in [0.717, 1.165) is 11.3 Å². The topological polar surface area (TPSA) is 83.9 Å². The number of hydrogen-bond acceptors (Lipinski definition) is 5. The lowest BCUT2D eigenvalue weighted by atomic mass is 10.1. The first-order valence-corrected chi connectivity index (χ1v) is 9.11. The van der Waals surface area contributed by atoms with Gasteiger partial charge >= 0.3 is 5.97 Å². The molecular formula is C13H19NO5S2. The maximum absolute atomic E-state index is 12.5. The Labute approximate surface area is 128 Å². The maximum atomic E-state index is 12.5. The quantitative estimate of drug-likeness (QED) is 0.854. The van der Waals surface area contributed by atoms with Gasteiger partial charge in [-0.25, -0.2) is 8.42 Å². The molecular weight excluding hydrogens is 314 g/mol. The second kappa shape index (κ2) is 6.87. The van der Waals surface area contributed by atoms with Gasteiger partial charge in [0.15, 0.2) is 0 Å². The summed E-state index contributed by atoms with van der Waals surface area (Å²) in [6, 6.07) is 3.06. The smallest absolute Gasteiger partial charge is 0.308 e. The number of rotatable bonds is 6. The summed E-state index contributed by atoms with van der Waals surface area (Å²) in [7, 11) is -3.51. The van der Waals surface area contributed by atoms with E-state index < -0.39 is 16.0 Å². The van der Waals surface area contributed by atoms with E-state index in [9.17, 15) is 13.2 Å². The minimum atomic E-state index is -3.51. The molecule has 0 aromatic carbocycles. The number of sulfonamides is 1. The van der Waals surface area contributed by atoms with Crippen LogP contribution in [0.25, 0.3) is 0 Å². The van der Waals surface area contributed by atoms with E-state index in [1.165, 1.54) is 10.4 Å². The number of thiophene rings is 1. The van der Waals surface area contributed by atoms with Crippen molar-refractivity contribution in [1.82, 2.24) is 4.31 Å². The van der Waals surface area contributed by atoms with Crippen molar-refractivity contribution in [2.75, 3.05) is 19.7 Å². The van der Waals surface area contributed by atoms with Gasteiger partial charge in [0.2, 0.25) is 0 Å². The van der Waals surface area contributed by atoms with E-state index in [2.05, 4.69) is 0 Å². The van der Waals surface area contributed by atoms with Crippen LogP contribution in [0.4, 0.5) is 0 Å². The van der Waals surface area contributed by atoms with Gasteiger partial charge in [-0.1, -0.05) is 0 Å². The average molecular weight is 333 g/mol. The summed E-state index contributed by atoms with van der Waals surface area (Å²) in [5.74, 6) is -0.960. The van der Waals surface area contributed by atoms with Gasteiger partial charge < -0.3 is 9.84 Å². The number of carboxylic acid groups (broad SMARTS) is 1. The first-order chi connectivity index (χ1) is 9.93. The van der Waals surface area contributed by atoms with Crippen LogP contribution in [-0.4, -0.2) is 49.6 Å². The molecule has 8 heteroatoms. The second-order valence-electron chi connectivity index (χ2n) is 4.85. The molecule has 2 heterocycles. The highest BCUT2D eigenvalue weighted by Gasteiger charge is 2.30. The highest BCUT2D eigenvalue weighted by Crippen LogP contribution is 2.27. The Hall–Kier alpha value is -0.960. The van der Waals surface area contributed by atoms with Crippen molar-refractivity contribution in [1.29, 1.82) is 0 Å². The van der Waals surface area contributed by atoms with E-state index in [0.29, 0.717) is 37.4 Å². The zero-order chi connectivity index (χ0) is 15.5. The molecule has 21 heavy (non-hydrogen) atoms. The number of piperidine rings is 1. The fourth-order valence-electron chi connectivity index (χ4n) is 2.34. The summed E-state index contributed by atoms with van der Waals surface area (Å²) in [6.45, 7) is 3.46. The van der Waals surface area contributed by atoms with E-state index in [4.69, 9.17) is 9.84 Å². The largest absolute Gasteiger partial charge is 0.481 e. The molecule has 0 atom stereocenters. The lowest BCUT2D eigenvalue weighted by Crippen LogP contribution is -2.40. The Balaban J connectivity index is 2.05. The standard InChI is InChI=1S/C13H19NO5S2/c1-2-19-10-5-7-14(8-6-10)21(17,18)13-4-3-11(20-13)9-12(15)16/h3-4,10H,2,5-9H2,1H3,(H,15,16). The van der Waals surface area contributed by atoms with Crippen LogP contribution in [0.3, 0.4) is 0 Å². The Morgan fingerprint density at radius 2 is 2.10 bits per heavy atom. The molecule has 1 aliphatic rings. The first-order valence-electron chi connectivity index (χ1n) is 6.85. The molecule has 1 saturated heterocycles. The molecule has 1 fully saturated rings. The van der Waals surface area contributed by atoms with Gasteiger partial charge in [0.1, 0.15) is 4.21 Å². The zero-order valence-electron chi connectivity index (χ0n) is 11.8. The van der Waals surface area contributed by atoms with Crippen LogP contribution in [0.5, 0.6) is 0 Å². The van der Waals surface area contributed by atoms with Crippen LogP contribution in [0.2, 0.25) is 0 Å². The van der Waals surface area contributed by atoms with Gasteiger partial charge in [0, 0.05) is 24.6 Å². The molecule has 0 bridgehead atoms. The van der Waals surface area contributed by atoms with Gasteiger partial charge in [0.25, 0.3) is 10.0 Å². The molecule has 0 spiro atoms. The summed E-state index contributed by atoms with van der Waals surface area (Å²) >= 11 is 1.03. The maximum Gasteiger partial charge on any atom is 0.308 e. The third kappa shape index (κ3) is 4.03. The van der Waals surface area contributed by atoms with Crippen LogP contribution in [0.1, 0.15) is 24.6 Å². The summed E-state index contributed by atoms with van der Waals surface area (Å²) in [5, 5.41) is 8.74. The van der Waals surface area contributed by atoms with Crippen LogP contribution in [0.15, 0.2) is 16.3 Å². The van der Waals surface area contributed by atoms with Gasteiger partial charge in [-0.15, -0.1) is 11.3 Å². The molecule has 118 valence electrons. The van der Waals surface area contributed by atoms with E-state index in [-0.39, 0.29) is 16.7 Å². The van der Waals surface area contributed by atoms with Gasteiger partial charge in [-0.3, -0.25) is 4.79 Å². The van der Waals surface area contributed by atoms with Crippen molar-refractivity contribution in [3.63, 3.8) is 0 Å². The predicted octanol–water partition coefficient (Wildman–Crippen LogP) is 1.56. The fourth-order valence-corrected chi connectivity index (χ4v) is 5.31. The minimum absolute atomic E-state index is 0.132. The third-order valence-corrected chi connectivity index (χ3v) is 6.81. The highest BCUT2D eigenvalue weighted by molar-refractivity contribution is 7.91. The Morgan fingerprint density at radius 3 is 2.67 bits per heavy atom.